The molecular formula is C14H20N2OS. The highest BCUT2D eigenvalue weighted by Gasteiger charge is 2.32. The summed E-state index contributed by atoms with van der Waals surface area (Å²) in [6.45, 7) is 3.91. The first-order chi connectivity index (χ1) is 8.74. The second kappa shape index (κ2) is 6.25. The fraction of sp³-hybridized carbons (Fsp3) is 0.500. The molecule has 0 saturated carbocycles. The first-order valence-electron chi connectivity index (χ1n) is 6.35. The highest BCUT2D eigenvalue weighted by molar-refractivity contribution is 8.00. The molecule has 1 fully saturated rings. The summed E-state index contributed by atoms with van der Waals surface area (Å²) >= 11 is 1.74. The van der Waals surface area contributed by atoms with Gasteiger partial charge in [-0.2, -0.15) is 0 Å². The largest absolute Gasteiger partial charge is 0.326 e. The van der Waals surface area contributed by atoms with Crippen molar-refractivity contribution in [1.29, 1.82) is 0 Å². The van der Waals surface area contributed by atoms with Gasteiger partial charge in [-0.05, 0) is 38.1 Å². The zero-order valence-corrected chi connectivity index (χ0v) is 11.8. The Morgan fingerprint density at radius 1 is 1.44 bits per heavy atom. The van der Waals surface area contributed by atoms with Crippen LogP contribution in [-0.2, 0) is 4.79 Å². The molecule has 1 aromatic rings. The third-order valence-corrected chi connectivity index (χ3v) is 4.49. The van der Waals surface area contributed by atoms with Crippen LogP contribution >= 0.6 is 11.8 Å². The molecule has 0 bridgehead atoms. The lowest BCUT2D eigenvalue weighted by Crippen LogP contribution is -2.31. The molecule has 0 aliphatic carbocycles. The third kappa shape index (κ3) is 2.87. The van der Waals surface area contributed by atoms with Crippen molar-refractivity contribution in [3.8, 4) is 0 Å². The molecule has 1 atom stereocenters. The Bertz CT molecular complexity index is 422. The summed E-state index contributed by atoms with van der Waals surface area (Å²) in [6.07, 6.45) is 1.01. The molecule has 3 nitrogen and oxygen atoms in total. The number of rotatable bonds is 5. The molecular weight excluding hydrogens is 244 g/mol. The lowest BCUT2D eigenvalue weighted by Gasteiger charge is -2.25. The summed E-state index contributed by atoms with van der Waals surface area (Å²) in [7, 11) is 1.94. The predicted octanol–water partition coefficient (Wildman–Crippen LogP) is 2.18. The van der Waals surface area contributed by atoms with Crippen LogP contribution in [0.5, 0.6) is 0 Å². The highest BCUT2D eigenvalue weighted by Crippen LogP contribution is 2.39. The Morgan fingerprint density at radius 2 is 2.22 bits per heavy atom. The van der Waals surface area contributed by atoms with Gasteiger partial charge >= 0.3 is 0 Å². The van der Waals surface area contributed by atoms with Gasteiger partial charge in [-0.15, -0.1) is 11.8 Å². The number of aryl methyl sites for hydroxylation is 1. The van der Waals surface area contributed by atoms with E-state index in [1.807, 2.05) is 18.0 Å². The molecule has 1 aliphatic rings. The molecule has 1 saturated heterocycles. The summed E-state index contributed by atoms with van der Waals surface area (Å²) in [5.74, 6) is 0.878. The molecule has 98 valence electrons. The van der Waals surface area contributed by atoms with Crippen molar-refractivity contribution in [2.45, 2.75) is 18.7 Å². The van der Waals surface area contributed by atoms with Crippen molar-refractivity contribution >= 4 is 17.7 Å². The Balaban J connectivity index is 2.11. The zero-order valence-electron chi connectivity index (χ0n) is 11.0. The van der Waals surface area contributed by atoms with Crippen molar-refractivity contribution in [1.82, 2.24) is 10.2 Å². The van der Waals surface area contributed by atoms with Crippen LogP contribution in [0.3, 0.4) is 0 Å². The summed E-state index contributed by atoms with van der Waals surface area (Å²) in [5.41, 5.74) is 2.54. The van der Waals surface area contributed by atoms with Crippen molar-refractivity contribution in [2.75, 3.05) is 25.9 Å². The number of hydrogen-bond acceptors (Lipinski definition) is 3. The van der Waals surface area contributed by atoms with Crippen LogP contribution in [-0.4, -0.2) is 36.7 Å². The smallest absolute Gasteiger partial charge is 0.233 e. The molecule has 0 radical (unpaired) electrons. The number of carbonyl (C=O) groups is 1. The van der Waals surface area contributed by atoms with Crippen LogP contribution in [0, 0.1) is 6.92 Å². The normalized spacial score (nSPS) is 19.6. The second-order valence-electron chi connectivity index (χ2n) is 4.56. The maximum atomic E-state index is 11.9. The van der Waals surface area contributed by atoms with Crippen LogP contribution in [0.15, 0.2) is 24.3 Å². The molecule has 4 heteroatoms. The molecule has 18 heavy (non-hydrogen) atoms. The van der Waals surface area contributed by atoms with Gasteiger partial charge < -0.3 is 10.2 Å². The number of nitrogens with one attached hydrogen (secondary N) is 1. The predicted molar refractivity (Wildman–Crippen MR) is 76.6 cm³/mol. The van der Waals surface area contributed by atoms with Crippen LogP contribution in [0.2, 0.25) is 0 Å². The number of thioether (sulfide) groups is 1. The maximum Gasteiger partial charge on any atom is 0.233 e. The van der Waals surface area contributed by atoms with Gasteiger partial charge in [0.25, 0.3) is 0 Å². The van der Waals surface area contributed by atoms with Gasteiger partial charge in [0.1, 0.15) is 5.37 Å². The number of carbonyl (C=O) groups excluding carboxylic acids is 1. The molecule has 1 aliphatic heterocycles. The number of nitrogens with zero attached hydrogens (tertiary/aromatic N) is 1. The van der Waals surface area contributed by atoms with Gasteiger partial charge in [0.2, 0.25) is 5.91 Å². The molecule has 1 N–H and O–H groups in total. The minimum atomic E-state index is 0.204. The van der Waals surface area contributed by atoms with Crippen molar-refractivity contribution < 1.29 is 4.79 Å². The molecule has 1 unspecified atom stereocenters. The molecule has 1 aromatic carbocycles. The Hall–Kier alpha value is -1.00. The Morgan fingerprint density at radius 3 is 2.94 bits per heavy atom. The molecule has 2 rings (SSSR count). The zero-order chi connectivity index (χ0) is 13.0. The van der Waals surface area contributed by atoms with Gasteiger partial charge in [-0.25, -0.2) is 0 Å². The minimum absolute atomic E-state index is 0.204. The van der Waals surface area contributed by atoms with Gasteiger partial charge in [0.05, 0.1) is 5.75 Å². The SMILES string of the molecule is CNCCCN1C(=O)CSC1c1ccccc1C. The van der Waals surface area contributed by atoms with Crippen LogP contribution in [0.1, 0.15) is 22.9 Å². The highest BCUT2D eigenvalue weighted by atomic mass is 32.2. The Kier molecular flexibility index (Phi) is 4.66. The lowest BCUT2D eigenvalue weighted by molar-refractivity contribution is -0.128. The number of amides is 1. The van der Waals surface area contributed by atoms with Gasteiger partial charge in [-0.3, -0.25) is 4.79 Å². The summed E-state index contributed by atoms with van der Waals surface area (Å²) < 4.78 is 0. The number of benzene rings is 1. The van der Waals surface area contributed by atoms with Gasteiger partial charge in [0.15, 0.2) is 0 Å². The quantitative estimate of drug-likeness (QED) is 0.827. The van der Waals surface area contributed by atoms with E-state index in [0.717, 1.165) is 19.5 Å². The minimum Gasteiger partial charge on any atom is -0.326 e. The maximum absolute atomic E-state index is 11.9. The average Bonchev–Trinajstić information content (AvgIpc) is 2.72. The van der Waals surface area contributed by atoms with E-state index in [1.165, 1.54) is 11.1 Å². The summed E-state index contributed by atoms with van der Waals surface area (Å²) in [6, 6.07) is 8.35. The molecule has 1 amide bonds. The van der Waals surface area contributed by atoms with E-state index >= 15 is 0 Å². The molecule has 1 heterocycles. The second-order valence-corrected chi connectivity index (χ2v) is 5.63. The van der Waals surface area contributed by atoms with Crippen molar-refractivity contribution in [3.05, 3.63) is 35.4 Å². The fourth-order valence-electron chi connectivity index (χ4n) is 2.24. The third-order valence-electron chi connectivity index (χ3n) is 3.25. The van der Waals surface area contributed by atoms with E-state index in [4.69, 9.17) is 0 Å². The van der Waals surface area contributed by atoms with E-state index in [2.05, 4.69) is 30.4 Å². The van der Waals surface area contributed by atoms with Crippen LogP contribution in [0.25, 0.3) is 0 Å². The van der Waals surface area contributed by atoms with Crippen LogP contribution < -0.4 is 5.32 Å². The lowest BCUT2D eigenvalue weighted by atomic mass is 10.1. The first-order valence-corrected chi connectivity index (χ1v) is 7.40. The molecule has 0 spiro atoms. The van der Waals surface area contributed by atoms with Gasteiger partial charge in [-0.1, -0.05) is 24.3 Å². The average molecular weight is 264 g/mol. The van der Waals surface area contributed by atoms with E-state index < -0.39 is 0 Å². The van der Waals surface area contributed by atoms with E-state index in [-0.39, 0.29) is 11.3 Å². The summed E-state index contributed by atoms with van der Waals surface area (Å²) in [5, 5.41) is 3.33. The molecule has 0 aromatic heterocycles. The summed E-state index contributed by atoms with van der Waals surface area (Å²) in [4.78, 5) is 14.0. The standard InChI is InChI=1S/C14H20N2OS/c1-11-6-3-4-7-12(11)14-16(9-5-8-15-2)13(17)10-18-14/h3-4,6-7,14-15H,5,8-10H2,1-2H3. The van der Waals surface area contributed by atoms with E-state index in [9.17, 15) is 4.79 Å². The van der Waals surface area contributed by atoms with Gasteiger partial charge in [0, 0.05) is 6.54 Å². The Labute approximate surface area is 113 Å². The monoisotopic (exact) mass is 264 g/mol. The van der Waals surface area contributed by atoms with Crippen LogP contribution in [0.4, 0.5) is 0 Å². The van der Waals surface area contributed by atoms with E-state index in [0.29, 0.717) is 5.75 Å². The van der Waals surface area contributed by atoms with Crippen molar-refractivity contribution in [3.63, 3.8) is 0 Å². The number of hydrogen-bond donors (Lipinski definition) is 1. The fourth-order valence-corrected chi connectivity index (χ4v) is 3.56. The van der Waals surface area contributed by atoms with E-state index in [1.54, 1.807) is 11.8 Å². The topological polar surface area (TPSA) is 32.3 Å². The van der Waals surface area contributed by atoms with Crippen molar-refractivity contribution in [2.24, 2.45) is 0 Å². The first kappa shape index (κ1) is 13.4.